The fourth-order valence-electron chi connectivity index (χ4n) is 2.13. The molecule has 1 saturated carbocycles. The van der Waals surface area contributed by atoms with Crippen molar-refractivity contribution in [1.29, 1.82) is 0 Å². The van der Waals surface area contributed by atoms with Crippen LogP contribution in [0.1, 0.15) is 57.7 Å². The Morgan fingerprint density at radius 1 is 1.24 bits per heavy atom. The lowest BCUT2D eigenvalue weighted by Gasteiger charge is -2.22. The molecule has 1 aromatic rings. The van der Waals surface area contributed by atoms with Crippen LogP contribution in [0.4, 0.5) is 5.82 Å². The van der Waals surface area contributed by atoms with Crippen LogP contribution in [-0.2, 0) is 0 Å². The number of aromatic nitrogens is 2. The fourth-order valence-corrected chi connectivity index (χ4v) is 2.13. The summed E-state index contributed by atoms with van der Waals surface area (Å²) >= 11 is 0. The molecule has 0 spiro atoms. The molecule has 0 unspecified atom stereocenters. The molecule has 4 nitrogen and oxygen atoms in total. The van der Waals surface area contributed by atoms with Gasteiger partial charge in [-0.25, -0.2) is 4.98 Å². The molecule has 1 fully saturated rings. The Bertz CT molecular complexity index is 373. The molecule has 0 radical (unpaired) electrons. The Labute approximate surface area is 103 Å². The Morgan fingerprint density at radius 3 is 2.59 bits per heavy atom. The van der Waals surface area contributed by atoms with E-state index in [1.807, 2.05) is 0 Å². The molecule has 0 saturated heterocycles. The summed E-state index contributed by atoms with van der Waals surface area (Å²) in [6.07, 6.45) is 6.38. The van der Waals surface area contributed by atoms with E-state index in [1.54, 1.807) is 6.07 Å². The normalized spacial score (nSPS) is 17.4. The molecule has 0 bridgehead atoms. The van der Waals surface area contributed by atoms with Gasteiger partial charge in [-0.15, -0.1) is 0 Å². The summed E-state index contributed by atoms with van der Waals surface area (Å²) in [7, 11) is 0. The van der Waals surface area contributed by atoms with Crippen molar-refractivity contribution in [3.8, 4) is 5.88 Å². The molecule has 0 aromatic carbocycles. The van der Waals surface area contributed by atoms with E-state index in [2.05, 4.69) is 23.8 Å². The van der Waals surface area contributed by atoms with Crippen LogP contribution in [0.3, 0.4) is 0 Å². The van der Waals surface area contributed by atoms with Crippen molar-refractivity contribution in [2.45, 2.75) is 58.0 Å². The van der Waals surface area contributed by atoms with E-state index in [0.717, 1.165) is 18.7 Å². The van der Waals surface area contributed by atoms with Gasteiger partial charge in [-0.05, 0) is 25.7 Å². The first kappa shape index (κ1) is 12.1. The minimum Gasteiger partial charge on any atom is -0.474 e. The molecule has 94 valence electrons. The van der Waals surface area contributed by atoms with Gasteiger partial charge in [0.25, 0.3) is 0 Å². The van der Waals surface area contributed by atoms with Gasteiger partial charge in [0.2, 0.25) is 5.88 Å². The van der Waals surface area contributed by atoms with Gasteiger partial charge in [-0.1, -0.05) is 20.3 Å². The summed E-state index contributed by atoms with van der Waals surface area (Å²) in [5.41, 5.74) is 5.77. The number of hydrogen-bond acceptors (Lipinski definition) is 4. The van der Waals surface area contributed by atoms with Crippen molar-refractivity contribution in [1.82, 2.24) is 9.97 Å². The zero-order valence-corrected chi connectivity index (χ0v) is 10.6. The largest absolute Gasteiger partial charge is 0.474 e. The lowest BCUT2D eigenvalue weighted by Crippen LogP contribution is -2.20. The van der Waals surface area contributed by atoms with Crippen LogP contribution in [0.2, 0.25) is 0 Å². The molecule has 0 amide bonds. The highest BCUT2D eigenvalue weighted by molar-refractivity contribution is 5.33. The molecule has 0 atom stereocenters. The summed E-state index contributed by atoms with van der Waals surface area (Å²) in [4.78, 5) is 8.63. The van der Waals surface area contributed by atoms with Crippen LogP contribution in [0.15, 0.2) is 6.07 Å². The fraction of sp³-hybridized carbons (Fsp3) is 0.692. The first-order valence-corrected chi connectivity index (χ1v) is 6.46. The molecule has 1 heterocycles. The summed E-state index contributed by atoms with van der Waals surface area (Å²) < 4.78 is 5.90. The Kier molecular flexibility index (Phi) is 3.82. The highest BCUT2D eigenvalue weighted by atomic mass is 16.5. The molecule has 1 aliphatic rings. The third-order valence-corrected chi connectivity index (χ3v) is 3.10. The number of nitrogens with zero attached hydrogens (tertiary/aromatic N) is 2. The van der Waals surface area contributed by atoms with E-state index in [1.165, 1.54) is 19.3 Å². The Balaban J connectivity index is 2.09. The predicted octanol–water partition coefficient (Wildman–Crippen LogP) is 2.89. The van der Waals surface area contributed by atoms with E-state index in [0.29, 0.717) is 17.8 Å². The van der Waals surface area contributed by atoms with Crippen molar-refractivity contribution in [2.75, 3.05) is 5.73 Å². The van der Waals surface area contributed by atoms with Gasteiger partial charge >= 0.3 is 0 Å². The number of anilines is 1. The van der Waals surface area contributed by atoms with E-state index in [-0.39, 0.29) is 5.92 Å². The Morgan fingerprint density at radius 2 is 1.94 bits per heavy atom. The molecular weight excluding hydrogens is 214 g/mol. The molecule has 1 aliphatic carbocycles. The third kappa shape index (κ3) is 3.32. The number of nitrogens with two attached hydrogens (primary N) is 1. The maximum absolute atomic E-state index is 5.90. The van der Waals surface area contributed by atoms with Crippen molar-refractivity contribution in [3.63, 3.8) is 0 Å². The summed E-state index contributed by atoms with van der Waals surface area (Å²) in [5, 5.41) is 0. The van der Waals surface area contributed by atoms with Gasteiger partial charge < -0.3 is 10.5 Å². The molecule has 2 N–H and O–H groups in total. The number of hydrogen-bond donors (Lipinski definition) is 1. The van der Waals surface area contributed by atoms with Crippen molar-refractivity contribution in [2.24, 2.45) is 0 Å². The zero-order valence-electron chi connectivity index (χ0n) is 10.6. The molecule has 2 rings (SSSR count). The van der Waals surface area contributed by atoms with Gasteiger partial charge in [0.1, 0.15) is 17.7 Å². The minimum atomic E-state index is 0.271. The van der Waals surface area contributed by atoms with Gasteiger partial charge in [-0.3, -0.25) is 0 Å². The van der Waals surface area contributed by atoms with Crippen LogP contribution in [-0.4, -0.2) is 16.1 Å². The van der Waals surface area contributed by atoms with Crippen molar-refractivity contribution >= 4 is 5.82 Å². The number of nitrogen functional groups attached to an aromatic ring is 1. The molecular formula is C13H21N3O. The standard InChI is InChI=1S/C13H21N3O/c1-9(2)13-15-11(14)8-12(16-13)17-10-6-4-3-5-7-10/h8-10H,3-7H2,1-2H3,(H2,14,15,16). The highest BCUT2D eigenvalue weighted by Gasteiger charge is 2.16. The van der Waals surface area contributed by atoms with Crippen LogP contribution in [0, 0.1) is 0 Å². The van der Waals surface area contributed by atoms with Gasteiger partial charge in [0, 0.05) is 12.0 Å². The van der Waals surface area contributed by atoms with Gasteiger partial charge in [0.15, 0.2) is 0 Å². The van der Waals surface area contributed by atoms with Gasteiger partial charge in [0.05, 0.1) is 0 Å². The van der Waals surface area contributed by atoms with Gasteiger partial charge in [-0.2, -0.15) is 4.98 Å². The van der Waals surface area contributed by atoms with E-state index in [9.17, 15) is 0 Å². The average Bonchev–Trinajstić information content (AvgIpc) is 2.29. The highest BCUT2D eigenvalue weighted by Crippen LogP contribution is 2.24. The van der Waals surface area contributed by atoms with Crippen LogP contribution in [0.5, 0.6) is 5.88 Å². The first-order chi connectivity index (χ1) is 8.15. The Hall–Kier alpha value is -1.32. The van der Waals surface area contributed by atoms with Crippen molar-refractivity contribution < 1.29 is 4.74 Å². The average molecular weight is 235 g/mol. The summed E-state index contributed by atoms with van der Waals surface area (Å²) in [6, 6.07) is 1.72. The van der Waals surface area contributed by atoms with Crippen LogP contribution < -0.4 is 10.5 Å². The summed E-state index contributed by atoms with van der Waals surface area (Å²) in [5.74, 6) is 2.16. The number of rotatable bonds is 3. The van der Waals surface area contributed by atoms with Crippen LogP contribution in [0.25, 0.3) is 0 Å². The lowest BCUT2D eigenvalue weighted by atomic mass is 9.98. The second-order valence-corrected chi connectivity index (χ2v) is 5.02. The van der Waals surface area contributed by atoms with Crippen LogP contribution >= 0.6 is 0 Å². The van der Waals surface area contributed by atoms with Crippen molar-refractivity contribution in [3.05, 3.63) is 11.9 Å². The summed E-state index contributed by atoms with van der Waals surface area (Å²) in [6.45, 7) is 4.11. The molecule has 1 aromatic heterocycles. The predicted molar refractivity (Wildman–Crippen MR) is 68.0 cm³/mol. The monoisotopic (exact) mass is 235 g/mol. The second kappa shape index (κ2) is 5.34. The zero-order chi connectivity index (χ0) is 12.3. The SMILES string of the molecule is CC(C)c1nc(N)cc(OC2CCCCC2)n1. The number of ether oxygens (including phenoxy) is 1. The quantitative estimate of drug-likeness (QED) is 0.875. The van der Waals surface area contributed by atoms with E-state index < -0.39 is 0 Å². The topological polar surface area (TPSA) is 61.0 Å². The minimum absolute atomic E-state index is 0.271. The lowest BCUT2D eigenvalue weighted by molar-refractivity contribution is 0.148. The molecule has 0 aliphatic heterocycles. The molecule has 17 heavy (non-hydrogen) atoms. The van der Waals surface area contributed by atoms with E-state index >= 15 is 0 Å². The van der Waals surface area contributed by atoms with E-state index in [4.69, 9.17) is 10.5 Å². The maximum atomic E-state index is 5.90. The second-order valence-electron chi connectivity index (χ2n) is 5.02. The molecule has 4 heteroatoms. The third-order valence-electron chi connectivity index (χ3n) is 3.10. The smallest absolute Gasteiger partial charge is 0.219 e. The maximum Gasteiger partial charge on any atom is 0.219 e. The first-order valence-electron chi connectivity index (χ1n) is 6.46.